The molecule has 20 heavy (non-hydrogen) atoms. The van der Waals surface area contributed by atoms with E-state index >= 15 is 0 Å². The standard InChI is InChI=1S/C13H20ClN3O2S/c1-10-9-17(7-6-12(10)14)13-5-4-11(8-15-13)20(18,19)16(2)3/h4-5,8,10,12H,6-7,9H2,1-3H3. The first-order valence-corrected chi connectivity index (χ1v) is 8.47. The van der Waals surface area contributed by atoms with E-state index in [9.17, 15) is 8.42 Å². The monoisotopic (exact) mass is 317 g/mol. The molecule has 5 nitrogen and oxygen atoms in total. The molecule has 2 heterocycles. The summed E-state index contributed by atoms with van der Waals surface area (Å²) in [5.41, 5.74) is 0. The smallest absolute Gasteiger partial charge is 0.244 e. The average Bonchev–Trinajstić information content (AvgIpc) is 2.42. The Bertz CT molecular complexity index is 559. The maximum absolute atomic E-state index is 12.0. The third-order valence-corrected chi connectivity index (χ3v) is 6.07. The van der Waals surface area contributed by atoms with Crippen molar-refractivity contribution in [1.82, 2.24) is 9.29 Å². The van der Waals surface area contributed by atoms with E-state index in [1.165, 1.54) is 24.6 Å². The molecule has 2 rings (SSSR count). The molecule has 7 heteroatoms. The largest absolute Gasteiger partial charge is 0.356 e. The van der Waals surface area contributed by atoms with E-state index in [1.807, 2.05) is 0 Å². The number of halogens is 1. The summed E-state index contributed by atoms with van der Waals surface area (Å²) < 4.78 is 25.1. The number of sulfonamides is 1. The fourth-order valence-electron chi connectivity index (χ4n) is 2.25. The molecule has 1 aliphatic heterocycles. The molecule has 1 aromatic heterocycles. The van der Waals surface area contributed by atoms with Gasteiger partial charge in [0.05, 0.1) is 0 Å². The molecule has 1 fully saturated rings. The molecule has 1 saturated heterocycles. The van der Waals surface area contributed by atoms with Crippen LogP contribution in [0.5, 0.6) is 0 Å². The minimum absolute atomic E-state index is 0.208. The van der Waals surface area contributed by atoms with Gasteiger partial charge in [-0.2, -0.15) is 0 Å². The Labute approximate surface area is 125 Å². The number of hydrogen-bond donors (Lipinski definition) is 0. The topological polar surface area (TPSA) is 53.5 Å². The van der Waals surface area contributed by atoms with Crippen LogP contribution in [0.2, 0.25) is 0 Å². The van der Waals surface area contributed by atoms with Crippen molar-refractivity contribution < 1.29 is 8.42 Å². The summed E-state index contributed by atoms with van der Waals surface area (Å²) in [5, 5.41) is 0.208. The molecule has 2 unspecified atom stereocenters. The van der Waals surface area contributed by atoms with Crippen molar-refractivity contribution in [2.24, 2.45) is 5.92 Å². The van der Waals surface area contributed by atoms with Crippen molar-refractivity contribution in [3.63, 3.8) is 0 Å². The van der Waals surface area contributed by atoms with Crippen LogP contribution in [0.15, 0.2) is 23.2 Å². The summed E-state index contributed by atoms with van der Waals surface area (Å²) in [5.74, 6) is 1.20. The Morgan fingerprint density at radius 1 is 1.40 bits per heavy atom. The number of pyridine rings is 1. The lowest BCUT2D eigenvalue weighted by atomic mass is 10.00. The number of rotatable bonds is 3. The number of hydrogen-bond acceptors (Lipinski definition) is 4. The molecule has 0 amide bonds. The van der Waals surface area contributed by atoms with Gasteiger partial charge in [-0.3, -0.25) is 0 Å². The number of aromatic nitrogens is 1. The van der Waals surface area contributed by atoms with Gasteiger partial charge in [0.15, 0.2) is 0 Å². The van der Waals surface area contributed by atoms with Crippen LogP contribution in [-0.4, -0.2) is 50.3 Å². The molecule has 0 aliphatic carbocycles. The van der Waals surface area contributed by atoms with Gasteiger partial charge in [-0.05, 0) is 24.5 Å². The van der Waals surface area contributed by atoms with Crippen molar-refractivity contribution in [2.75, 3.05) is 32.1 Å². The maximum atomic E-state index is 12.0. The Morgan fingerprint density at radius 3 is 2.60 bits per heavy atom. The Balaban J connectivity index is 2.17. The van der Waals surface area contributed by atoms with Gasteiger partial charge < -0.3 is 4.90 Å². The van der Waals surface area contributed by atoms with Gasteiger partial charge >= 0.3 is 0 Å². The molecule has 0 aromatic carbocycles. The zero-order valence-corrected chi connectivity index (χ0v) is 13.5. The van der Waals surface area contributed by atoms with Crippen molar-refractivity contribution in [3.05, 3.63) is 18.3 Å². The highest BCUT2D eigenvalue weighted by Crippen LogP contribution is 2.25. The normalized spacial score (nSPS) is 24.1. The molecule has 0 radical (unpaired) electrons. The van der Waals surface area contributed by atoms with Gasteiger partial charge in [0, 0.05) is 38.8 Å². The first-order chi connectivity index (χ1) is 9.32. The molecule has 1 aromatic rings. The molecule has 0 bridgehead atoms. The molecule has 112 valence electrons. The lowest BCUT2D eigenvalue weighted by molar-refractivity contribution is 0.452. The molecule has 0 N–H and O–H groups in total. The van der Waals surface area contributed by atoms with Crippen LogP contribution < -0.4 is 4.90 Å². The second kappa shape index (κ2) is 5.87. The highest BCUT2D eigenvalue weighted by Gasteiger charge is 2.25. The van der Waals surface area contributed by atoms with Crippen LogP contribution in [0.4, 0.5) is 5.82 Å². The van der Waals surface area contributed by atoms with Crippen LogP contribution in [0.1, 0.15) is 13.3 Å². The minimum Gasteiger partial charge on any atom is -0.356 e. The van der Waals surface area contributed by atoms with Crippen molar-refractivity contribution >= 4 is 27.4 Å². The third-order valence-electron chi connectivity index (χ3n) is 3.62. The average molecular weight is 318 g/mol. The summed E-state index contributed by atoms with van der Waals surface area (Å²) in [6, 6.07) is 3.37. The van der Waals surface area contributed by atoms with Gasteiger partial charge in [0.1, 0.15) is 10.7 Å². The van der Waals surface area contributed by atoms with Gasteiger partial charge in [-0.1, -0.05) is 6.92 Å². The Kier molecular flexibility index (Phi) is 4.56. The van der Waals surface area contributed by atoms with E-state index in [2.05, 4.69) is 16.8 Å². The van der Waals surface area contributed by atoms with Gasteiger partial charge in [-0.25, -0.2) is 17.7 Å². The third kappa shape index (κ3) is 3.07. The summed E-state index contributed by atoms with van der Waals surface area (Å²) in [7, 11) is -0.393. The molecule has 1 aliphatic rings. The van der Waals surface area contributed by atoms with Crippen molar-refractivity contribution in [2.45, 2.75) is 23.6 Å². The maximum Gasteiger partial charge on any atom is 0.244 e. The Hall–Kier alpha value is -0.850. The second-order valence-electron chi connectivity index (χ2n) is 5.37. The zero-order chi connectivity index (χ0) is 14.9. The van der Waals surface area contributed by atoms with Gasteiger partial charge in [0.25, 0.3) is 0 Å². The summed E-state index contributed by atoms with van der Waals surface area (Å²) in [6.45, 7) is 3.82. The summed E-state index contributed by atoms with van der Waals surface area (Å²) in [4.78, 5) is 6.65. The quantitative estimate of drug-likeness (QED) is 0.798. The lowest BCUT2D eigenvalue weighted by Crippen LogP contribution is -2.40. The van der Waals surface area contributed by atoms with Crippen LogP contribution in [0.25, 0.3) is 0 Å². The first kappa shape index (κ1) is 15.5. The van der Waals surface area contributed by atoms with E-state index in [1.54, 1.807) is 12.1 Å². The number of nitrogens with zero attached hydrogens (tertiary/aromatic N) is 3. The zero-order valence-electron chi connectivity index (χ0n) is 12.0. The number of piperidine rings is 1. The fourth-order valence-corrected chi connectivity index (χ4v) is 3.27. The van der Waals surface area contributed by atoms with Crippen LogP contribution in [-0.2, 0) is 10.0 Å². The van der Waals surface area contributed by atoms with E-state index < -0.39 is 10.0 Å². The predicted molar refractivity (Wildman–Crippen MR) is 80.7 cm³/mol. The second-order valence-corrected chi connectivity index (χ2v) is 8.08. The predicted octanol–water partition coefficient (Wildman–Crippen LogP) is 1.79. The fraction of sp³-hybridized carbons (Fsp3) is 0.615. The lowest BCUT2D eigenvalue weighted by Gasteiger charge is -2.34. The van der Waals surface area contributed by atoms with E-state index in [-0.39, 0.29) is 10.3 Å². The van der Waals surface area contributed by atoms with E-state index in [0.29, 0.717) is 5.92 Å². The van der Waals surface area contributed by atoms with Crippen LogP contribution in [0.3, 0.4) is 0 Å². The van der Waals surface area contributed by atoms with Gasteiger partial charge in [0.2, 0.25) is 10.0 Å². The van der Waals surface area contributed by atoms with Crippen LogP contribution >= 0.6 is 11.6 Å². The number of anilines is 1. The molecule has 0 saturated carbocycles. The molecule has 2 atom stereocenters. The number of alkyl halides is 1. The summed E-state index contributed by atoms with van der Waals surface area (Å²) >= 11 is 6.21. The van der Waals surface area contributed by atoms with E-state index in [4.69, 9.17) is 11.6 Å². The van der Waals surface area contributed by atoms with Crippen LogP contribution in [0, 0.1) is 5.92 Å². The van der Waals surface area contributed by atoms with E-state index in [0.717, 1.165) is 25.3 Å². The molecule has 0 spiro atoms. The molecular formula is C13H20ClN3O2S. The SMILES string of the molecule is CC1CN(c2ccc(S(=O)(=O)N(C)C)cn2)CCC1Cl. The Morgan fingerprint density at radius 2 is 2.10 bits per heavy atom. The van der Waals surface area contributed by atoms with Gasteiger partial charge in [-0.15, -0.1) is 11.6 Å². The highest BCUT2D eigenvalue weighted by atomic mass is 35.5. The summed E-state index contributed by atoms with van der Waals surface area (Å²) in [6.07, 6.45) is 2.34. The highest BCUT2D eigenvalue weighted by molar-refractivity contribution is 7.89. The minimum atomic E-state index is -3.41. The first-order valence-electron chi connectivity index (χ1n) is 6.60. The molecular weight excluding hydrogens is 298 g/mol. The van der Waals surface area contributed by atoms with Crippen molar-refractivity contribution in [3.8, 4) is 0 Å². The van der Waals surface area contributed by atoms with Crippen molar-refractivity contribution in [1.29, 1.82) is 0 Å².